The van der Waals surface area contributed by atoms with Gasteiger partial charge in [0.1, 0.15) is 91.2 Å². The van der Waals surface area contributed by atoms with Crippen LogP contribution in [-0.2, 0) is 47.4 Å². The normalized spacial score (nSPS) is 38.9. The van der Waals surface area contributed by atoms with Crippen LogP contribution in [0, 0.1) is 11.3 Å². The second-order valence-corrected chi connectivity index (χ2v) is 15.2. The minimum absolute atomic E-state index is 0.169. The zero-order valence-corrected chi connectivity index (χ0v) is 32.9. The summed E-state index contributed by atoms with van der Waals surface area (Å²) in [4.78, 5) is 12.3. The van der Waals surface area contributed by atoms with E-state index in [2.05, 4.69) is 0 Å². The third-order valence-corrected chi connectivity index (χ3v) is 10.7. The SMILES string of the molecule is N#CC(OC1OC(COC2OCC(OC3OCC(O)(COC4OC(COC(=O)C=Cc5ccc(O)c(O)c5)C(O)C(O)C4O)C3O)C(O)C2O)C(O)C(O)C1O)c1cccc(O)c1. The fourth-order valence-corrected chi connectivity index (χ4v) is 6.90. The van der Waals surface area contributed by atoms with Crippen LogP contribution in [-0.4, -0.2) is 209 Å². The first-order valence-corrected chi connectivity index (χ1v) is 19.4. The number of rotatable bonds is 15. The molecular weight excluding hydrogens is 850 g/mol. The van der Waals surface area contributed by atoms with Gasteiger partial charge in [-0.15, -0.1) is 0 Å². The molecule has 18 atom stereocenters. The van der Waals surface area contributed by atoms with Gasteiger partial charge in [-0.2, -0.15) is 5.26 Å². The van der Waals surface area contributed by atoms with Gasteiger partial charge in [0, 0.05) is 6.08 Å². The quantitative estimate of drug-likeness (QED) is 0.0453. The lowest BCUT2D eigenvalue weighted by molar-refractivity contribution is -0.331. The highest BCUT2D eigenvalue weighted by Crippen LogP contribution is 2.33. The van der Waals surface area contributed by atoms with Gasteiger partial charge in [-0.1, -0.05) is 18.2 Å². The molecule has 2 aromatic rings. The molecule has 2 aromatic carbocycles. The highest BCUT2D eigenvalue weighted by molar-refractivity contribution is 5.87. The number of aromatic hydroxyl groups is 3. The Labute approximate surface area is 357 Å². The largest absolute Gasteiger partial charge is 0.508 e. The number of carbonyl (C=O) groups excluding carboxylic acids is 1. The zero-order chi connectivity index (χ0) is 45.7. The van der Waals surface area contributed by atoms with E-state index in [0.29, 0.717) is 5.56 Å². The van der Waals surface area contributed by atoms with Gasteiger partial charge in [-0.05, 0) is 41.5 Å². The smallest absolute Gasteiger partial charge is 0.330 e. The molecule has 4 fully saturated rings. The number of nitrogens with zero attached hydrogens (tertiary/aromatic N) is 1. The molecule has 0 aromatic heterocycles. The minimum Gasteiger partial charge on any atom is -0.508 e. The lowest BCUT2D eigenvalue weighted by Crippen LogP contribution is -2.61. The van der Waals surface area contributed by atoms with Crippen molar-refractivity contribution in [3.8, 4) is 23.3 Å². The molecule has 0 amide bonds. The molecule has 0 radical (unpaired) electrons. The van der Waals surface area contributed by atoms with Crippen molar-refractivity contribution in [2.24, 2.45) is 0 Å². The first-order valence-electron chi connectivity index (χ1n) is 19.4. The molecule has 348 valence electrons. The van der Waals surface area contributed by atoms with E-state index in [9.17, 15) is 76.4 Å². The number of nitriles is 1. The van der Waals surface area contributed by atoms with Crippen molar-refractivity contribution >= 4 is 12.0 Å². The molecule has 13 N–H and O–H groups in total. The van der Waals surface area contributed by atoms with Crippen LogP contribution in [0.15, 0.2) is 48.5 Å². The van der Waals surface area contributed by atoms with Crippen LogP contribution in [0.1, 0.15) is 17.2 Å². The van der Waals surface area contributed by atoms with E-state index in [1.165, 1.54) is 48.5 Å². The van der Waals surface area contributed by atoms with Crippen molar-refractivity contribution < 1.29 is 114 Å². The van der Waals surface area contributed by atoms with Crippen LogP contribution in [0.5, 0.6) is 17.2 Å². The highest BCUT2D eigenvalue weighted by Gasteiger charge is 2.54. The second-order valence-electron chi connectivity index (χ2n) is 15.2. The van der Waals surface area contributed by atoms with E-state index in [-0.39, 0.29) is 17.1 Å². The molecule has 63 heavy (non-hydrogen) atoms. The Morgan fingerprint density at radius 1 is 0.762 bits per heavy atom. The summed E-state index contributed by atoms with van der Waals surface area (Å²) in [7, 11) is 0. The lowest BCUT2D eigenvalue weighted by Gasteiger charge is -2.42. The topological polar surface area (TPSA) is 387 Å². The predicted octanol–water partition coefficient (Wildman–Crippen LogP) is -4.80. The molecule has 0 bridgehead atoms. The number of hydrogen-bond donors (Lipinski definition) is 13. The average molecular weight is 900 g/mol. The summed E-state index contributed by atoms with van der Waals surface area (Å²) in [6.07, 6.45) is -26.6. The Kier molecular flexibility index (Phi) is 15.9. The Bertz CT molecular complexity index is 1920. The number of hydrogen-bond acceptors (Lipinski definition) is 24. The third-order valence-electron chi connectivity index (χ3n) is 10.7. The maximum atomic E-state index is 12.3. The van der Waals surface area contributed by atoms with Gasteiger partial charge in [-0.3, -0.25) is 0 Å². The standard InChI is InChI=1S/C39H49NO23/c40-10-21(17-2-1-3-18(41)9-17)60-37-33(52)30(49)27(46)23(62-37)12-56-35-31(50)28(47)24(13-57-35)63-38-34(53)39(54,15-59-38)14-58-36-32(51)29(48)26(45)22(61-36)11-55-25(44)7-5-16-4-6-19(42)20(43)8-16/h1-9,21-24,26-38,41-43,45-54H,11-15H2. The molecule has 4 heterocycles. The van der Waals surface area contributed by atoms with E-state index >= 15 is 0 Å². The monoisotopic (exact) mass is 899 g/mol. The van der Waals surface area contributed by atoms with Crippen molar-refractivity contribution in [2.45, 2.75) is 110 Å². The summed E-state index contributed by atoms with van der Waals surface area (Å²) < 4.78 is 49.2. The number of carbonyl (C=O) groups is 1. The number of phenols is 3. The number of esters is 1. The number of ether oxygens (including phenoxy) is 9. The fraction of sp³-hybridized carbons (Fsp3) is 0.590. The maximum absolute atomic E-state index is 12.3. The Morgan fingerprint density at radius 2 is 1.43 bits per heavy atom. The Morgan fingerprint density at radius 3 is 2.11 bits per heavy atom. The maximum Gasteiger partial charge on any atom is 0.330 e. The van der Waals surface area contributed by atoms with Gasteiger partial charge >= 0.3 is 5.97 Å². The number of benzene rings is 2. The molecule has 0 aliphatic carbocycles. The molecule has 4 aliphatic rings. The van der Waals surface area contributed by atoms with E-state index in [0.717, 1.165) is 6.08 Å². The van der Waals surface area contributed by atoms with Crippen LogP contribution < -0.4 is 0 Å². The Balaban J connectivity index is 0.965. The first-order chi connectivity index (χ1) is 29.9. The van der Waals surface area contributed by atoms with Gasteiger partial charge in [0.15, 0.2) is 42.8 Å². The van der Waals surface area contributed by atoms with Gasteiger partial charge < -0.3 is 109 Å². The average Bonchev–Trinajstić information content (AvgIpc) is 3.54. The van der Waals surface area contributed by atoms with Crippen LogP contribution in [0.3, 0.4) is 0 Å². The van der Waals surface area contributed by atoms with Gasteiger partial charge in [0.25, 0.3) is 0 Å². The minimum atomic E-state index is -2.26. The molecule has 6 rings (SSSR count). The Hall–Kier alpha value is -4.18. The van der Waals surface area contributed by atoms with Crippen molar-refractivity contribution in [2.75, 3.05) is 33.0 Å². The van der Waals surface area contributed by atoms with Crippen LogP contribution in [0.2, 0.25) is 0 Å². The number of aliphatic hydroxyl groups excluding tert-OH is 9. The van der Waals surface area contributed by atoms with E-state index in [1.54, 1.807) is 0 Å². The van der Waals surface area contributed by atoms with Crippen LogP contribution in [0.4, 0.5) is 0 Å². The van der Waals surface area contributed by atoms with Gasteiger partial charge in [0.2, 0.25) is 0 Å². The first kappa shape index (κ1) is 48.3. The highest BCUT2D eigenvalue weighted by atomic mass is 16.8. The summed E-state index contributed by atoms with van der Waals surface area (Å²) in [6, 6.07) is 11.1. The van der Waals surface area contributed by atoms with Crippen molar-refractivity contribution in [1.29, 1.82) is 5.26 Å². The fourth-order valence-electron chi connectivity index (χ4n) is 6.90. The molecule has 4 aliphatic heterocycles. The van der Waals surface area contributed by atoms with Crippen LogP contribution >= 0.6 is 0 Å². The zero-order valence-electron chi connectivity index (χ0n) is 32.9. The number of phenolic OH excluding ortho intramolecular Hbond substituents is 3. The molecule has 0 saturated carbocycles. The van der Waals surface area contributed by atoms with E-state index in [1.807, 2.05) is 6.07 Å². The summed E-state index contributed by atoms with van der Waals surface area (Å²) in [5.74, 6) is -1.89. The third kappa shape index (κ3) is 11.2. The molecule has 24 heteroatoms. The van der Waals surface area contributed by atoms with Crippen molar-refractivity contribution in [1.82, 2.24) is 0 Å². The second kappa shape index (κ2) is 20.8. The molecule has 4 saturated heterocycles. The van der Waals surface area contributed by atoms with Crippen molar-refractivity contribution in [3.63, 3.8) is 0 Å². The predicted molar refractivity (Wildman–Crippen MR) is 200 cm³/mol. The van der Waals surface area contributed by atoms with E-state index in [4.69, 9.17) is 42.6 Å². The van der Waals surface area contributed by atoms with Gasteiger partial charge in [0.05, 0.1) is 32.5 Å². The number of aliphatic hydroxyl groups is 10. The summed E-state index contributed by atoms with van der Waals surface area (Å²) >= 11 is 0. The van der Waals surface area contributed by atoms with Crippen molar-refractivity contribution in [3.05, 3.63) is 59.7 Å². The summed E-state index contributed by atoms with van der Waals surface area (Å²) in [5, 5.41) is 145. The molecule has 24 nitrogen and oxygen atoms in total. The lowest BCUT2D eigenvalue weighted by atomic mass is 9.98. The molecule has 18 unspecified atom stereocenters. The van der Waals surface area contributed by atoms with Gasteiger partial charge in [-0.25, -0.2) is 4.79 Å². The molecule has 0 spiro atoms. The van der Waals surface area contributed by atoms with E-state index < -0.39 is 155 Å². The van der Waals surface area contributed by atoms with Crippen LogP contribution in [0.25, 0.3) is 6.08 Å². The molecular formula is C39H49NO23. The summed E-state index contributed by atoms with van der Waals surface area (Å²) in [5.41, 5.74) is -1.72. The summed E-state index contributed by atoms with van der Waals surface area (Å²) in [6.45, 7) is -3.22.